The summed E-state index contributed by atoms with van der Waals surface area (Å²) in [5.74, 6) is -1.40. The number of Topliss-reactive ketones (excluding diaryl/α,β-unsaturated/α-hetero) is 1. The van der Waals surface area contributed by atoms with Crippen molar-refractivity contribution in [2.75, 3.05) is 25.5 Å². The summed E-state index contributed by atoms with van der Waals surface area (Å²) < 4.78 is 41.6. The summed E-state index contributed by atoms with van der Waals surface area (Å²) in [6, 6.07) is 11.5. The molecule has 0 bridgehead atoms. The Hall–Kier alpha value is -2.87. The summed E-state index contributed by atoms with van der Waals surface area (Å²) >= 11 is 0. The summed E-state index contributed by atoms with van der Waals surface area (Å²) in [7, 11) is 2.01. The fourth-order valence-electron chi connectivity index (χ4n) is 3.32. The first-order valence-electron chi connectivity index (χ1n) is 9.22. The zero-order chi connectivity index (χ0) is 21.0. The summed E-state index contributed by atoms with van der Waals surface area (Å²) in [5.41, 5.74) is 0.546. The molecule has 1 heterocycles. The summed E-state index contributed by atoms with van der Waals surface area (Å²) in [6.45, 7) is 1.70. The number of ether oxygens (including phenoxy) is 1. The van der Waals surface area contributed by atoms with E-state index in [0.717, 1.165) is 32.0 Å². The number of para-hydroxylation sites is 1. The van der Waals surface area contributed by atoms with Crippen molar-refractivity contribution in [2.24, 2.45) is 5.92 Å². The van der Waals surface area contributed by atoms with Gasteiger partial charge in [0.25, 0.3) is 5.91 Å². The van der Waals surface area contributed by atoms with E-state index < -0.39 is 18.0 Å². The van der Waals surface area contributed by atoms with E-state index in [9.17, 15) is 22.8 Å². The topological polar surface area (TPSA) is 58.6 Å². The van der Waals surface area contributed by atoms with Gasteiger partial charge in [-0.3, -0.25) is 9.59 Å². The van der Waals surface area contributed by atoms with E-state index in [4.69, 9.17) is 0 Å². The van der Waals surface area contributed by atoms with Crippen molar-refractivity contribution in [1.29, 1.82) is 0 Å². The predicted molar refractivity (Wildman–Crippen MR) is 102 cm³/mol. The molecule has 5 nitrogen and oxygen atoms in total. The van der Waals surface area contributed by atoms with Crippen LogP contribution >= 0.6 is 0 Å². The number of amides is 1. The summed E-state index contributed by atoms with van der Waals surface area (Å²) in [4.78, 5) is 27.4. The van der Waals surface area contributed by atoms with Crippen LogP contribution in [0.25, 0.3) is 0 Å². The van der Waals surface area contributed by atoms with Crippen molar-refractivity contribution in [2.45, 2.75) is 19.2 Å². The van der Waals surface area contributed by atoms with Crippen molar-refractivity contribution >= 4 is 17.4 Å². The van der Waals surface area contributed by atoms with Crippen molar-refractivity contribution in [3.63, 3.8) is 0 Å². The molecule has 0 unspecified atom stereocenters. The van der Waals surface area contributed by atoms with Crippen LogP contribution < -0.4 is 10.1 Å². The number of alkyl halides is 3. The molecule has 0 spiro atoms. The van der Waals surface area contributed by atoms with Gasteiger partial charge in [0.05, 0.1) is 5.56 Å². The summed E-state index contributed by atoms with van der Waals surface area (Å²) in [6.07, 6.45) is -3.36. The number of hydrogen-bond acceptors (Lipinski definition) is 4. The number of anilines is 1. The molecule has 2 aromatic carbocycles. The number of rotatable bonds is 5. The van der Waals surface area contributed by atoms with Crippen LogP contribution in [0.3, 0.4) is 0 Å². The second kappa shape index (κ2) is 8.65. The molecule has 0 aromatic heterocycles. The normalized spacial score (nSPS) is 15.7. The fourth-order valence-corrected chi connectivity index (χ4v) is 3.32. The van der Waals surface area contributed by atoms with E-state index in [1.807, 2.05) is 7.05 Å². The highest BCUT2D eigenvalue weighted by molar-refractivity contribution is 6.07. The molecular formula is C21H21F3N2O3. The Morgan fingerprint density at radius 2 is 1.76 bits per heavy atom. The Kier molecular flexibility index (Phi) is 6.22. The maximum Gasteiger partial charge on any atom is 0.573 e. The van der Waals surface area contributed by atoms with Crippen LogP contribution in [-0.2, 0) is 0 Å². The zero-order valence-corrected chi connectivity index (χ0v) is 15.8. The standard InChI is InChI=1S/C21H21F3N2O3/c1-26-11-9-14(10-12-26)19(27)15-5-4-6-16(13-15)25-20(28)17-7-2-3-8-18(17)29-21(22,23)24/h2-8,13-14H,9-12H2,1H3,(H,25,28). The molecule has 0 atom stereocenters. The molecule has 1 N–H and O–H groups in total. The van der Waals surface area contributed by atoms with E-state index in [2.05, 4.69) is 15.0 Å². The molecular weight excluding hydrogens is 385 g/mol. The van der Waals surface area contributed by atoms with Gasteiger partial charge < -0.3 is 15.0 Å². The van der Waals surface area contributed by atoms with E-state index in [0.29, 0.717) is 11.3 Å². The lowest BCUT2D eigenvalue weighted by molar-refractivity contribution is -0.274. The number of hydrogen-bond donors (Lipinski definition) is 1. The first-order valence-corrected chi connectivity index (χ1v) is 9.22. The number of likely N-dealkylation sites (tertiary alicyclic amines) is 1. The molecule has 0 saturated carbocycles. The molecule has 0 aliphatic carbocycles. The molecule has 8 heteroatoms. The minimum absolute atomic E-state index is 0.00926. The smallest absolute Gasteiger partial charge is 0.405 e. The molecule has 1 amide bonds. The molecule has 1 fully saturated rings. The third kappa shape index (κ3) is 5.57. The Balaban J connectivity index is 1.74. The molecule has 2 aromatic rings. The predicted octanol–water partition coefficient (Wildman–Crippen LogP) is 4.36. The minimum Gasteiger partial charge on any atom is -0.405 e. The SMILES string of the molecule is CN1CCC(C(=O)c2cccc(NC(=O)c3ccccc3OC(F)(F)F)c2)CC1. The number of ketones is 1. The number of nitrogens with zero attached hydrogens (tertiary/aromatic N) is 1. The van der Waals surface area contributed by atoms with Gasteiger partial charge >= 0.3 is 6.36 Å². The van der Waals surface area contributed by atoms with E-state index in [-0.39, 0.29) is 17.3 Å². The highest BCUT2D eigenvalue weighted by Gasteiger charge is 2.33. The number of halogens is 3. The van der Waals surface area contributed by atoms with Gasteiger partial charge in [-0.1, -0.05) is 24.3 Å². The molecule has 154 valence electrons. The highest BCUT2D eigenvalue weighted by atomic mass is 19.4. The number of benzene rings is 2. The maximum atomic E-state index is 12.7. The van der Waals surface area contributed by atoms with E-state index >= 15 is 0 Å². The van der Waals surface area contributed by atoms with E-state index in [1.54, 1.807) is 24.3 Å². The third-order valence-electron chi connectivity index (χ3n) is 4.85. The molecule has 0 radical (unpaired) electrons. The fraction of sp³-hybridized carbons (Fsp3) is 0.333. The van der Waals surface area contributed by atoms with Gasteiger partial charge in [-0.2, -0.15) is 0 Å². The molecule has 29 heavy (non-hydrogen) atoms. The van der Waals surface area contributed by atoms with Gasteiger partial charge in [0, 0.05) is 17.2 Å². The Morgan fingerprint density at radius 3 is 2.45 bits per heavy atom. The Bertz CT molecular complexity index is 891. The Labute approximate surface area is 166 Å². The molecule has 1 saturated heterocycles. The van der Waals surface area contributed by atoms with Gasteiger partial charge in [-0.25, -0.2) is 0 Å². The molecule has 1 aliphatic heterocycles. The third-order valence-corrected chi connectivity index (χ3v) is 4.85. The number of carbonyl (C=O) groups is 2. The van der Waals surface area contributed by atoms with Crippen molar-refractivity contribution in [1.82, 2.24) is 4.90 Å². The van der Waals surface area contributed by atoms with E-state index in [1.165, 1.54) is 18.2 Å². The number of piperidine rings is 1. The average molecular weight is 406 g/mol. The highest BCUT2D eigenvalue weighted by Crippen LogP contribution is 2.27. The van der Waals surface area contributed by atoms with Crippen LogP contribution in [0.1, 0.15) is 33.6 Å². The maximum absolute atomic E-state index is 12.7. The lowest BCUT2D eigenvalue weighted by Gasteiger charge is -2.28. The van der Waals surface area contributed by atoms with Crippen molar-refractivity contribution in [3.05, 3.63) is 59.7 Å². The number of carbonyl (C=O) groups excluding carboxylic acids is 2. The van der Waals surface area contributed by atoms with Crippen LogP contribution in [0.15, 0.2) is 48.5 Å². The van der Waals surface area contributed by atoms with Gasteiger partial charge in [0.2, 0.25) is 0 Å². The first kappa shape index (κ1) is 20.9. The van der Waals surface area contributed by atoms with Crippen LogP contribution in [0.4, 0.5) is 18.9 Å². The lowest BCUT2D eigenvalue weighted by atomic mass is 9.89. The summed E-state index contributed by atoms with van der Waals surface area (Å²) in [5, 5.41) is 2.54. The van der Waals surface area contributed by atoms with Gasteiger partial charge in [0.15, 0.2) is 5.78 Å². The second-order valence-corrected chi connectivity index (χ2v) is 7.02. The van der Waals surface area contributed by atoms with Crippen LogP contribution in [0, 0.1) is 5.92 Å². The van der Waals surface area contributed by atoms with Crippen LogP contribution in [0.2, 0.25) is 0 Å². The number of nitrogens with one attached hydrogen (secondary N) is 1. The van der Waals surface area contributed by atoms with Gasteiger partial charge in [-0.05, 0) is 57.2 Å². The van der Waals surface area contributed by atoms with Crippen LogP contribution in [-0.4, -0.2) is 43.1 Å². The lowest BCUT2D eigenvalue weighted by Crippen LogP contribution is -2.33. The van der Waals surface area contributed by atoms with Gasteiger partial charge in [0.1, 0.15) is 5.75 Å². The quantitative estimate of drug-likeness (QED) is 0.750. The minimum atomic E-state index is -4.91. The average Bonchev–Trinajstić information content (AvgIpc) is 2.67. The Morgan fingerprint density at radius 1 is 1.07 bits per heavy atom. The van der Waals surface area contributed by atoms with Gasteiger partial charge in [-0.15, -0.1) is 13.2 Å². The molecule has 1 aliphatic rings. The zero-order valence-electron chi connectivity index (χ0n) is 15.8. The molecule has 3 rings (SSSR count). The monoisotopic (exact) mass is 406 g/mol. The van der Waals surface area contributed by atoms with Crippen molar-refractivity contribution < 1.29 is 27.5 Å². The first-order chi connectivity index (χ1) is 13.7. The van der Waals surface area contributed by atoms with Crippen molar-refractivity contribution in [3.8, 4) is 5.75 Å². The largest absolute Gasteiger partial charge is 0.573 e. The van der Waals surface area contributed by atoms with Crippen LogP contribution in [0.5, 0.6) is 5.75 Å². The second-order valence-electron chi connectivity index (χ2n) is 7.02.